The summed E-state index contributed by atoms with van der Waals surface area (Å²) in [5, 5.41) is 3.36. The molecule has 1 heterocycles. The molecule has 0 aliphatic heterocycles. The summed E-state index contributed by atoms with van der Waals surface area (Å²) in [4.78, 5) is 4.43. The lowest BCUT2D eigenvalue weighted by Crippen LogP contribution is -2.32. The molecule has 0 spiro atoms. The Morgan fingerprint density at radius 2 is 2.12 bits per heavy atom. The molecular formula is C13H19N3. The van der Waals surface area contributed by atoms with Gasteiger partial charge in [-0.25, -0.2) is 4.98 Å². The fourth-order valence-electron chi connectivity index (χ4n) is 2.28. The second kappa shape index (κ2) is 4.66. The van der Waals surface area contributed by atoms with Crippen molar-refractivity contribution >= 4 is 11.0 Å². The Morgan fingerprint density at radius 1 is 1.38 bits per heavy atom. The molecular weight excluding hydrogens is 198 g/mol. The van der Waals surface area contributed by atoms with E-state index in [4.69, 9.17) is 0 Å². The fraction of sp³-hybridized carbons (Fsp3) is 0.462. The van der Waals surface area contributed by atoms with Crippen LogP contribution in [-0.2, 0) is 0 Å². The molecule has 2 unspecified atom stereocenters. The van der Waals surface area contributed by atoms with Crippen molar-refractivity contribution in [2.75, 3.05) is 7.05 Å². The van der Waals surface area contributed by atoms with Gasteiger partial charge in [0.05, 0.1) is 17.4 Å². The van der Waals surface area contributed by atoms with Gasteiger partial charge in [-0.2, -0.15) is 0 Å². The van der Waals surface area contributed by atoms with Crippen LogP contribution in [0.4, 0.5) is 0 Å². The third-order valence-electron chi connectivity index (χ3n) is 3.31. The predicted molar refractivity (Wildman–Crippen MR) is 67.6 cm³/mol. The molecule has 3 nitrogen and oxygen atoms in total. The van der Waals surface area contributed by atoms with Gasteiger partial charge in [-0.15, -0.1) is 0 Å². The summed E-state index contributed by atoms with van der Waals surface area (Å²) in [6.07, 6.45) is 3.06. The first-order valence-electron chi connectivity index (χ1n) is 5.86. The summed E-state index contributed by atoms with van der Waals surface area (Å²) >= 11 is 0. The van der Waals surface area contributed by atoms with Crippen molar-refractivity contribution < 1.29 is 0 Å². The number of fused-ring (bicyclic) bond motifs is 1. The zero-order valence-corrected chi connectivity index (χ0v) is 10.1. The van der Waals surface area contributed by atoms with Gasteiger partial charge in [0.2, 0.25) is 0 Å². The highest BCUT2D eigenvalue weighted by Crippen LogP contribution is 2.20. The molecule has 86 valence electrons. The topological polar surface area (TPSA) is 29.9 Å². The van der Waals surface area contributed by atoms with Crippen LogP contribution in [0.5, 0.6) is 0 Å². The van der Waals surface area contributed by atoms with Crippen molar-refractivity contribution in [2.24, 2.45) is 0 Å². The van der Waals surface area contributed by atoms with Crippen LogP contribution in [0.15, 0.2) is 30.6 Å². The molecule has 0 saturated carbocycles. The van der Waals surface area contributed by atoms with Crippen molar-refractivity contribution in [1.82, 2.24) is 14.9 Å². The molecule has 0 bridgehead atoms. The Hall–Kier alpha value is -1.35. The minimum absolute atomic E-state index is 0.419. The summed E-state index contributed by atoms with van der Waals surface area (Å²) < 4.78 is 2.25. The first-order chi connectivity index (χ1) is 7.77. The van der Waals surface area contributed by atoms with E-state index in [-0.39, 0.29) is 0 Å². The van der Waals surface area contributed by atoms with E-state index in [0.717, 1.165) is 11.9 Å². The van der Waals surface area contributed by atoms with E-state index in [1.54, 1.807) is 0 Å². The molecule has 1 aromatic carbocycles. The summed E-state index contributed by atoms with van der Waals surface area (Å²) in [5.41, 5.74) is 2.28. The molecule has 2 atom stereocenters. The van der Waals surface area contributed by atoms with E-state index in [1.807, 2.05) is 19.4 Å². The van der Waals surface area contributed by atoms with Crippen LogP contribution in [-0.4, -0.2) is 22.6 Å². The number of benzene rings is 1. The lowest BCUT2D eigenvalue weighted by Gasteiger charge is -2.24. The van der Waals surface area contributed by atoms with Crippen LogP contribution >= 0.6 is 0 Å². The molecule has 16 heavy (non-hydrogen) atoms. The quantitative estimate of drug-likeness (QED) is 0.853. The van der Waals surface area contributed by atoms with E-state index in [2.05, 4.69) is 46.9 Å². The maximum Gasteiger partial charge on any atom is 0.0961 e. The third-order valence-corrected chi connectivity index (χ3v) is 3.31. The third kappa shape index (κ3) is 1.83. The maximum absolute atomic E-state index is 4.43. The number of imidazole rings is 1. The van der Waals surface area contributed by atoms with E-state index >= 15 is 0 Å². The summed E-state index contributed by atoms with van der Waals surface area (Å²) in [6.45, 7) is 4.44. The minimum Gasteiger partial charge on any atom is -0.326 e. The number of para-hydroxylation sites is 2. The average Bonchev–Trinajstić information content (AvgIpc) is 2.74. The molecule has 2 aromatic rings. The fourth-order valence-corrected chi connectivity index (χ4v) is 2.28. The van der Waals surface area contributed by atoms with E-state index in [0.29, 0.717) is 12.1 Å². The SMILES string of the molecule is CCC(NC)C(C)n1cnc2ccccc21. The van der Waals surface area contributed by atoms with Gasteiger partial charge in [-0.3, -0.25) is 0 Å². The normalized spacial score (nSPS) is 15.2. The van der Waals surface area contributed by atoms with Crippen LogP contribution < -0.4 is 5.32 Å². The molecule has 2 rings (SSSR count). The summed E-state index contributed by atoms with van der Waals surface area (Å²) in [5.74, 6) is 0. The number of nitrogens with one attached hydrogen (secondary N) is 1. The van der Waals surface area contributed by atoms with Gasteiger partial charge in [0.25, 0.3) is 0 Å². The molecule has 0 aliphatic carbocycles. The number of likely N-dealkylation sites (N-methyl/N-ethyl adjacent to an activating group) is 1. The molecule has 0 fully saturated rings. The highest BCUT2D eigenvalue weighted by Gasteiger charge is 2.16. The zero-order valence-electron chi connectivity index (χ0n) is 10.1. The molecule has 0 radical (unpaired) electrons. The standard InChI is InChI=1S/C13H19N3/c1-4-11(14-3)10(2)16-9-15-12-7-5-6-8-13(12)16/h5-11,14H,4H2,1-3H3. The van der Waals surface area contributed by atoms with Gasteiger partial charge in [0, 0.05) is 12.1 Å². The van der Waals surface area contributed by atoms with Crippen LogP contribution in [0.2, 0.25) is 0 Å². The van der Waals surface area contributed by atoms with Gasteiger partial charge in [0.15, 0.2) is 0 Å². The van der Waals surface area contributed by atoms with Gasteiger partial charge >= 0.3 is 0 Å². The second-order valence-electron chi connectivity index (χ2n) is 4.18. The smallest absolute Gasteiger partial charge is 0.0961 e. The number of rotatable bonds is 4. The van der Waals surface area contributed by atoms with Gasteiger partial charge < -0.3 is 9.88 Å². The van der Waals surface area contributed by atoms with E-state index < -0.39 is 0 Å². The lowest BCUT2D eigenvalue weighted by atomic mass is 10.1. The summed E-state index contributed by atoms with van der Waals surface area (Å²) in [6, 6.07) is 9.17. The van der Waals surface area contributed by atoms with Gasteiger partial charge in [-0.05, 0) is 32.5 Å². The summed E-state index contributed by atoms with van der Waals surface area (Å²) in [7, 11) is 2.02. The molecule has 0 saturated heterocycles. The number of hydrogen-bond acceptors (Lipinski definition) is 2. The Bertz CT molecular complexity index is 457. The van der Waals surface area contributed by atoms with E-state index in [9.17, 15) is 0 Å². The number of nitrogens with zero attached hydrogens (tertiary/aromatic N) is 2. The van der Waals surface area contributed by atoms with Crippen LogP contribution in [0.25, 0.3) is 11.0 Å². The Labute approximate surface area is 96.5 Å². The highest BCUT2D eigenvalue weighted by atomic mass is 15.1. The Balaban J connectivity index is 2.39. The van der Waals surface area contributed by atoms with Crippen molar-refractivity contribution in [3.05, 3.63) is 30.6 Å². The predicted octanol–water partition coefficient (Wildman–Crippen LogP) is 2.60. The van der Waals surface area contributed by atoms with Crippen molar-refractivity contribution in [1.29, 1.82) is 0 Å². The zero-order chi connectivity index (χ0) is 11.5. The van der Waals surface area contributed by atoms with Crippen molar-refractivity contribution in [2.45, 2.75) is 32.4 Å². The minimum atomic E-state index is 0.419. The Morgan fingerprint density at radius 3 is 2.81 bits per heavy atom. The first kappa shape index (κ1) is 11.1. The number of aromatic nitrogens is 2. The average molecular weight is 217 g/mol. The van der Waals surface area contributed by atoms with Crippen LogP contribution in [0, 0.1) is 0 Å². The number of hydrogen-bond donors (Lipinski definition) is 1. The van der Waals surface area contributed by atoms with Crippen LogP contribution in [0.3, 0.4) is 0 Å². The van der Waals surface area contributed by atoms with Crippen LogP contribution in [0.1, 0.15) is 26.3 Å². The van der Waals surface area contributed by atoms with Gasteiger partial charge in [0.1, 0.15) is 0 Å². The van der Waals surface area contributed by atoms with Crippen molar-refractivity contribution in [3.8, 4) is 0 Å². The molecule has 0 amide bonds. The molecule has 0 aliphatic rings. The van der Waals surface area contributed by atoms with Crippen molar-refractivity contribution in [3.63, 3.8) is 0 Å². The second-order valence-corrected chi connectivity index (χ2v) is 4.18. The highest BCUT2D eigenvalue weighted by molar-refractivity contribution is 5.75. The Kier molecular flexibility index (Phi) is 3.25. The molecule has 1 aromatic heterocycles. The molecule has 3 heteroatoms. The van der Waals surface area contributed by atoms with Gasteiger partial charge in [-0.1, -0.05) is 19.1 Å². The lowest BCUT2D eigenvalue weighted by molar-refractivity contribution is 0.388. The first-order valence-corrected chi connectivity index (χ1v) is 5.86. The largest absolute Gasteiger partial charge is 0.326 e. The maximum atomic E-state index is 4.43. The van der Waals surface area contributed by atoms with E-state index in [1.165, 1.54) is 5.52 Å². The monoisotopic (exact) mass is 217 g/mol. The molecule has 1 N–H and O–H groups in total.